The summed E-state index contributed by atoms with van der Waals surface area (Å²) in [6.07, 6.45) is 3.59. The van der Waals surface area contributed by atoms with Crippen molar-refractivity contribution in [1.82, 2.24) is 0 Å². The molecule has 0 spiro atoms. The fraction of sp³-hybridized carbons (Fsp3) is 0.615. The molecule has 3 rings (SSSR count). The number of carbonyl (C=O) groups is 1. The molecule has 1 aromatic heterocycles. The van der Waals surface area contributed by atoms with Gasteiger partial charge in [-0.25, -0.2) is 4.79 Å². The van der Waals surface area contributed by atoms with E-state index >= 15 is 0 Å². The van der Waals surface area contributed by atoms with Crippen LogP contribution in [0.15, 0.2) is 0 Å². The molecular weight excluding hydrogens is 234 g/mol. The van der Waals surface area contributed by atoms with Crippen molar-refractivity contribution >= 4 is 22.3 Å². The van der Waals surface area contributed by atoms with Crippen LogP contribution < -0.4 is 5.73 Å². The van der Waals surface area contributed by atoms with Crippen molar-refractivity contribution < 1.29 is 9.53 Å². The van der Waals surface area contributed by atoms with E-state index < -0.39 is 0 Å². The van der Waals surface area contributed by atoms with Crippen molar-refractivity contribution in [3.63, 3.8) is 0 Å². The Morgan fingerprint density at radius 3 is 2.82 bits per heavy atom. The molecule has 1 saturated carbocycles. The smallest absolute Gasteiger partial charge is 0.341 e. The van der Waals surface area contributed by atoms with Gasteiger partial charge in [-0.3, -0.25) is 0 Å². The summed E-state index contributed by atoms with van der Waals surface area (Å²) in [5.74, 6) is 0.976. The van der Waals surface area contributed by atoms with Crippen LogP contribution in [-0.4, -0.2) is 12.1 Å². The largest absolute Gasteiger partial charge is 0.459 e. The second-order valence-electron chi connectivity index (χ2n) is 5.28. The lowest BCUT2D eigenvalue weighted by Crippen LogP contribution is -2.14. The SMILES string of the molecule is CC(C)OC(=O)c1c(N)sc2c1C1CCC2C1. The molecule has 17 heavy (non-hydrogen) atoms. The average molecular weight is 251 g/mol. The van der Waals surface area contributed by atoms with E-state index in [1.54, 1.807) is 11.3 Å². The molecule has 1 aromatic rings. The molecule has 2 atom stereocenters. The fourth-order valence-corrected chi connectivity index (χ4v) is 4.45. The summed E-state index contributed by atoms with van der Waals surface area (Å²) in [4.78, 5) is 13.4. The molecule has 0 amide bonds. The lowest BCUT2D eigenvalue weighted by molar-refractivity contribution is 0.0378. The summed E-state index contributed by atoms with van der Waals surface area (Å²) in [6.45, 7) is 3.74. The van der Waals surface area contributed by atoms with Gasteiger partial charge in [0, 0.05) is 4.88 Å². The van der Waals surface area contributed by atoms with E-state index in [1.807, 2.05) is 13.8 Å². The summed E-state index contributed by atoms with van der Waals surface area (Å²) < 4.78 is 5.30. The van der Waals surface area contributed by atoms with Gasteiger partial charge in [-0.15, -0.1) is 11.3 Å². The van der Waals surface area contributed by atoms with E-state index in [1.165, 1.54) is 29.7 Å². The first-order valence-corrected chi connectivity index (χ1v) is 7.02. The Labute approximate surface area is 105 Å². The lowest BCUT2D eigenvalue weighted by Gasteiger charge is -2.13. The molecule has 2 aliphatic carbocycles. The van der Waals surface area contributed by atoms with Crippen molar-refractivity contribution in [2.75, 3.05) is 5.73 Å². The van der Waals surface area contributed by atoms with E-state index in [0.29, 0.717) is 22.4 Å². The molecule has 2 bridgehead atoms. The molecule has 2 aliphatic rings. The first-order chi connectivity index (χ1) is 8.08. The van der Waals surface area contributed by atoms with Gasteiger partial charge in [0.25, 0.3) is 0 Å². The Bertz CT molecular complexity index is 478. The van der Waals surface area contributed by atoms with Gasteiger partial charge in [-0.2, -0.15) is 0 Å². The molecule has 1 heterocycles. The molecule has 92 valence electrons. The number of carbonyl (C=O) groups excluding carboxylic acids is 1. The van der Waals surface area contributed by atoms with Crippen molar-refractivity contribution in [3.05, 3.63) is 16.0 Å². The molecule has 0 radical (unpaired) electrons. The fourth-order valence-electron chi connectivity index (χ4n) is 3.15. The summed E-state index contributed by atoms with van der Waals surface area (Å²) in [6, 6.07) is 0. The van der Waals surface area contributed by atoms with Crippen molar-refractivity contribution in [2.24, 2.45) is 0 Å². The second kappa shape index (κ2) is 3.73. The Morgan fingerprint density at radius 1 is 1.41 bits per heavy atom. The second-order valence-corrected chi connectivity index (χ2v) is 6.36. The third-order valence-corrected chi connectivity index (χ3v) is 4.96. The standard InChI is InChI=1S/C13H17NO2S/c1-6(2)16-13(15)10-9-7-3-4-8(5-7)11(9)17-12(10)14/h6-8H,3-5,14H2,1-2H3. The maximum Gasteiger partial charge on any atom is 0.341 e. The van der Waals surface area contributed by atoms with Gasteiger partial charge in [0.15, 0.2) is 0 Å². The highest BCUT2D eigenvalue weighted by atomic mass is 32.1. The highest BCUT2D eigenvalue weighted by molar-refractivity contribution is 7.16. The van der Waals surface area contributed by atoms with E-state index in [4.69, 9.17) is 10.5 Å². The van der Waals surface area contributed by atoms with Crippen LogP contribution in [0.5, 0.6) is 0 Å². The van der Waals surface area contributed by atoms with E-state index in [-0.39, 0.29) is 12.1 Å². The maximum absolute atomic E-state index is 12.1. The number of hydrogen-bond donors (Lipinski definition) is 1. The minimum absolute atomic E-state index is 0.0870. The highest BCUT2D eigenvalue weighted by Crippen LogP contribution is 2.58. The number of fused-ring (bicyclic) bond motifs is 5. The zero-order chi connectivity index (χ0) is 12.2. The van der Waals surface area contributed by atoms with Crippen LogP contribution in [0.3, 0.4) is 0 Å². The van der Waals surface area contributed by atoms with Crippen LogP contribution in [0, 0.1) is 0 Å². The van der Waals surface area contributed by atoms with Crippen molar-refractivity contribution in [3.8, 4) is 0 Å². The molecule has 2 N–H and O–H groups in total. The molecule has 3 nitrogen and oxygen atoms in total. The number of ether oxygens (including phenoxy) is 1. The zero-order valence-electron chi connectivity index (χ0n) is 10.2. The van der Waals surface area contributed by atoms with Crippen molar-refractivity contribution in [1.29, 1.82) is 0 Å². The lowest BCUT2D eigenvalue weighted by atomic mass is 9.95. The molecule has 0 aliphatic heterocycles. The van der Waals surface area contributed by atoms with Gasteiger partial charge in [-0.05, 0) is 50.5 Å². The first kappa shape index (κ1) is 11.1. The van der Waals surface area contributed by atoms with Crippen LogP contribution in [0.2, 0.25) is 0 Å². The summed E-state index contributed by atoms with van der Waals surface area (Å²) in [5, 5.41) is 0.650. The zero-order valence-corrected chi connectivity index (χ0v) is 11.0. The molecule has 0 aromatic carbocycles. The summed E-state index contributed by atoms with van der Waals surface area (Å²) >= 11 is 1.60. The van der Waals surface area contributed by atoms with Crippen LogP contribution in [-0.2, 0) is 4.74 Å². The van der Waals surface area contributed by atoms with Gasteiger partial charge in [-0.1, -0.05) is 0 Å². The molecular formula is C13H17NO2S. The topological polar surface area (TPSA) is 52.3 Å². The quantitative estimate of drug-likeness (QED) is 0.821. The highest BCUT2D eigenvalue weighted by Gasteiger charge is 2.42. The number of esters is 1. The van der Waals surface area contributed by atoms with Gasteiger partial charge >= 0.3 is 5.97 Å². The van der Waals surface area contributed by atoms with E-state index in [0.717, 1.165) is 0 Å². The average Bonchev–Trinajstić information content (AvgIpc) is 2.85. The predicted molar refractivity (Wildman–Crippen MR) is 68.6 cm³/mol. The molecule has 4 heteroatoms. The third kappa shape index (κ3) is 1.58. The van der Waals surface area contributed by atoms with Crippen LogP contribution >= 0.6 is 11.3 Å². The van der Waals surface area contributed by atoms with Gasteiger partial charge < -0.3 is 10.5 Å². The Hall–Kier alpha value is -1.03. The van der Waals surface area contributed by atoms with E-state index in [9.17, 15) is 4.79 Å². The summed E-state index contributed by atoms with van der Waals surface area (Å²) in [7, 11) is 0. The molecule has 2 unspecified atom stereocenters. The Balaban J connectivity index is 2.01. The van der Waals surface area contributed by atoms with Crippen LogP contribution in [0.25, 0.3) is 0 Å². The minimum Gasteiger partial charge on any atom is -0.459 e. The van der Waals surface area contributed by atoms with E-state index in [2.05, 4.69) is 0 Å². The number of nitrogen functional groups attached to an aromatic ring is 1. The Kier molecular flexibility index (Phi) is 2.43. The number of nitrogens with two attached hydrogens (primary N) is 1. The Morgan fingerprint density at radius 2 is 2.12 bits per heavy atom. The monoisotopic (exact) mass is 251 g/mol. The van der Waals surface area contributed by atoms with Crippen LogP contribution in [0.4, 0.5) is 5.00 Å². The summed E-state index contributed by atoms with van der Waals surface area (Å²) in [5.41, 5.74) is 7.89. The van der Waals surface area contributed by atoms with Gasteiger partial charge in [0.2, 0.25) is 0 Å². The van der Waals surface area contributed by atoms with Crippen molar-refractivity contribution in [2.45, 2.75) is 51.0 Å². The maximum atomic E-state index is 12.1. The normalized spacial score (nSPS) is 25.4. The van der Waals surface area contributed by atoms with Gasteiger partial charge in [0.05, 0.1) is 11.7 Å². The molecule has 1 fully saturated rings. The molecule has 0 saturated heterocycles. The third-order valence-electron chi connectivity index (χ3n) is 3.76. The van der Waals surface area contributed by atoms with Crippen LogP contribution in [0.1, 0.15) is 65.7 Å². The number of hydrogen-bond acceptors (Lipinski definition) is 4. The first-order valence-electron chi connectivity index (χ1n) is 6.21. The predicted octanol–water partition coefficient (Wildman–Crippen LogP) is 3.26. The number of anilines is 1. The number of rotatable bonds is 2. The minimum atomic E-state index is -0.234. The number of thiophene rings is 1. The van der Waals surface area contributed by atoms with Gasteiger partial charge in [0.1, 0.15) is 5.00 Å².